The Bertz CT molecular complexity index is 680. The molecule has 0 radical (unpaired) electrons. The van der Waals surface area contributed by atoms with Crippen LogP contribution in [-0.4, -0.2) is 63.3 Å². The van der Waals surface area contributed by atoms with E-state index in [0.717, 1.165) is 42.9 Å². The molecule has 2 aliphatic rings. The number of hydrogen-bond acceptors (Lipinski definition) is 4. The van der Waals surface area contributed by atoms with E-state index in [4.69, 9.17) is 9.47 Å². The van der Waals surface area contributed by atoms with Gasteiger partial charge >= 0.3 is 0 Å². The lowest BCUT2D eigenvalue weighted by Crippen LogP contribution is -2.51. The topological polar surface area (TPSA) is 58.1 Å². The molecule has 1 aliphatic heterocycles. The molecular weight excluding hydrogens is 388 g/mol. The van der Waals surface area contributed by atoms with Gasteiger partial charge in [0.15, 0.2) is 17.5 Å². The van der Waals surface area contributed by atoms with Crippen molar-refractivity contribution in [1.82, 2.24) is 15.5 Å². The summed E-state index contributed by atoms with van der Waals surface area (Å²) in [5, 5.41) is 7.14. The number of likely N-dealkylation sites (tertiary alicyclic amines) is 1. The summed E-state index contributed by atoms with van der Waals surface area (Å²) >= 11 is 0. The minimum Gasteiger partial charge on any atom is -0.493 e. The predicted molar refractivity (Wildman–Crippen MR) is 128 cm³/mol. The molecule has 2 N–H and O–H groups in total. The summed E-state index contributed by atoms with van der Waals surface area (Å²) in [4.78, 5) is 7.18. The third-order valence-electron chi connectivity index (χ3n) is 6.65. The van der Waals surface area contributed by atoms with Gasteiger partial charge in [-0.2, -0.15) is 0 Å². The number of ether oxygens (including phenoxy) is 2. The molecule has 0 aromatic heterocycles. The van der Waals surface area contributed by atoms with E-state index in [-0.39, 0.29) is 0 Å². The first-order valence-corrected chi connectivity index (χ1v) is 12.2. The fraction of sp³-hybridized carbons (Fsp3) is 0.720. The monoisotopic (exact) mass is 430 g/mol. The number of benzene rings is 1. The third-order valence-corrected chi connectivity index (χ3v) is 6.65. The molecule has 3 rings (SSSR count). The van der Waals surface area contributed by atoms with E-state index < -0.39 is 0 Å². The molecule has 1 aromatic carbocycles. The molecule has 6 heteroatoms. The first-order chi connectivity index (χ1) is 15.2. The fourth-order valence-electron chi connectivity index (χ4n) is 4.89. The van der Waals surface area contributed by atoms with Crippen LogP contribution in [0.3, 0.4) is 0 Å². The van der Waals surface area contributed by atoms with E-state index >= 15 is 0 Å². The van der Waals surface area contributed by atoms with Crippen LogP contribution in [0.15, 0.2) is 23.2 Å². The molecule has 1 aromatic rings. The van der Waals surface area contributed by atoms with Gasteiger partial charge < -0.3 is 25.0 Å². The average Bonchev–Trinajstić information content (AvgIpc) is 2.82. The second kappa shape index (κ2) is 12.8. The Balaban J connectivity index is 1.36. The summed E-state index contributed by atoms with van der Waals surface area (Å²) in [7, 11) is 3.55. The van der Waals surface area contributed by atoms with Gasteiger partial charge in [-0.15, -0.1) is 0 Å². The van der Waals surface area contributed by atoms with Gasteiger partial charge in [0, 0.05) is 38.8 Å². The minimum atomic E-state index is 0.529. The van der Waals surface area contributed by atoms with Crippen LogP contribution in [0.2, 0.25) is 0 Å². The summed E-state index contributed by atoms with van der Waals surface area (Å²) in [6.07, 6.45) is 11.5. The zero-order chi connectivity index (χ0) is 21.9. The first-order valence-electron chi connectivity index (χ1n) is 12.2. The normalized spacial score (nSPS) is 19.3. The van der Waals surface area contributed by atoms with Crippen molar-refractivity contribution in [3.8, 4) is 11.5 Å². The molecular formula is C25H42N4O2. The number of guanidine groups is 1. The molecule has 0 atom stereocenters. The van der Waals surface area contributed by atoms with E-state index in [1.807, 2.05) is 20.0 Å². The van der Waals surface area contributed by atoms with Crippen molar-refractivity contribution < 1.29 is 9.47 Å². The number of hydrogen-bond donors (Lipinski definition) is 2. The Kier molecular flexibility index (Phi) is 9.79. The molecule has 6 nitrogen and oxygen atoms in total. The van der Waals surface area contributed by atoms with E-state index in [1.165, 1.54) is 63.6 Å². The van der Waals surface area contributed by atoms with E-state index in [0.29, 0.717) is 12.6 Å². The lowest BCUT2D eigenvalue weighted by Gasteiger charge is -2.39. The van der Waals surface area contributed by atoms with Crippen molar-refractivity contribution in [3.05, 3.63) is 23.8 Å². The Morgan fingerprint density at radius 1 is 1.10 bits per heavy atom. The maximum atomic E-state index is 5.69. The summed E-state index contributed by atoms with van der Waals surface area (Å²) in [5.41, 5.74) is 1.27. The van der Waals surface area contributed by atoms with E-state index in [2.05, 4.69) is 32.7 Å². The van der Waals surface area contributed by atoms with Gasteiger partial charge in [0.05, 0.1) is 13.7 Å². The van der Waals surface area contributed by atoms with Gasteiger partial charge in [0.1, 0.15) is 0 Å². The maximum Gasteiger partial charge on any atom is 0.191 e. The van der Waals surface area contributed by atoms with Crippen LogP contribution in [0.1, 0.15) is 63.9 Å². The Morgan fingerprint density at radius 3 is 2.55 bits per heavy atom. The number of piperidine rings is 1. The van der Waals surface area contributed by atoms with Gasteiger partial charge in [0.2, 0.25) is 0 Å². The van der Waals surface area contributed by atoms with Crippen LogP contribution in [0.4, 0.5) is 0 Å². The number of aryl methyl sites for hydroxylation is 1. The highest BCUT2D eigenvalue weighted by molar-refractivity contribution is 5.79. The lowest BCUT2D eigenvalue weighted by molar-refractivity contribution is 0.119. The van der Waals surface area contributed by atoms with Gasteiger partial charge in [-0.05, 0) is 63.1 Å². The number of nitrogens with one attached hydrogen (secondary N) is 2. The molecule has 31 heavy (non-hydrogen) atoms. The summed E-state index contributed by atoms with van der Waals surface area (Å²) < 4.78 is 11.1. The Labute approximate surface area is 188 Å². The van der Waals surface area contributed by atoms with Crippen molar-refractivity contribution in [2.75, 3.05) is 40.4 Å². The molecule has 174 valence electrons. The van der Waals surface area contributed by atoms with E-state index in [1.54, 1.807) is 7.11 Å². The molecule has 1 heterocycles. The highest BCUT2D eigenvalue weighted by atomic mass is 16.5. The van der Waals surface area contributed by atoms with Gasteiger partial charge in [0.25, 0.3) is 0 Å². The largest absolute Gasteiger partial charge is 0.493 e. The van der Waals surface area contributed by atoms with Crippen LogP contribution < -0.4 is 20.1 Å². The highest BCUT2D eigenvalue weighted by Gasteiger charge is 2.26. The minimum absolute atomic E-state index is 0.529. The van der Waals surface area contributed by atoms with Crippen LogP contribution in [0.5, 0.6) is 11.5 Å². The first kappa shape index (κ1) is 23.7. The molecule has 0 spiro atoms. The van der Waals surface area contributed by atoms with Gasteiger partial charge in [-0.25, -0.2) is 0 Å². The zero-order valence-corrected chi connectivity index (χ0v) is 19.8. The summed E-state index contributed by atoms with van der Waals surface area (Å²) in [6.45, 7) is 5.98. The van der Waals surface area contributed by atoms with Crippen molar-refractivity contribution in [1.29, 1.82) is 0 Å². The molecule has 1 saturated carbocycles. The fourth-order valence-corrected chi connectivity index (χ4v) is 4.89. The third kappa shape index (κ3) is 7.30. The van der Waals surface area contributed by atoms with E-state index in [9.17, 15) is 0 Å². The number of methoxy groups -OCH3 is 1. The molecule has 0 bridgehead atoms. The van der Waals surface area contributed by atoms with Gasteiger partial charge in [-0.1, -0.05) is 25.3 Å². The zero-order valence-electron chi connectivity index (χ0n) is 19.8. The van der Waals surface area contributed by atoms with Crippen molar-refractivity contribution in [2.24, 2.45) is 4.99 Å². The quantitative estimate of drug-likeness (QED) is 0.352. The molecule has 1 saturated heterocycles. The number of nitrogens with zero attached hydrogens (tertiary/aromatic N) is 2. The van der Waals surface area contributed by atoms with Crippen LogP contribution in [-0.2, 0) is 6.42 Å². The number of aliphatic imine (C=N–C) groups is 1. The summed E-state index contributed by atoms with van der Waals surface area (Å²) in [5.74, 6) is 2.55. The van der Waals surface area contributed by atoms with Crippen LogP contribution in [0, 0.1) is 0 Å². The second-order valence-corrected chi connectivity index (χ2v) is 8.77. The SMILES string of the molecule is CCOc1cc(CCCNC(=NC)NC2CCN(C3CCCCC3)CC2)ccc1OC. The summed E-state index contributed by atoms with van der Waals surface area (Å²) in [6, 6.07) is 7.58. The standard InChI is InChI=1S/C25H42N4O2/c1-4-31-24-19-20(12-13-23(24)30-3)9-8-16-27-25(26-2)28-21-14-17-29(18-15-21)22-10-6-5-7-11-22/h12-13,19,21-22H,4-11,14-18H2,1-3H3,(H2,26,27,28). The molecule has 2 fully saturated rings. The Hall–Kier alpha value is -1.95. The second-order valence-electron chi connectivity index (χ2n) is 8.77. The smallest absolute Gasteiger partial charge is 0.191 e. The van der Waals surface area contributed by atoms with Gasteiger partial charge in [-0.3, -0.25) is 4.99 Å². The molecule has 0 amide bonds. The van der Waals surface area contributed by atoms with Crippen LogP contribution in [0.25, 0.3) is 0 Å². The average molecular weight is 431 g/mol. The van der Waals surface area contributed by atoms with Crippen LogP contribution >= 0.6 is 0 Å². The Morgan fingerprint density at radius 2 is 1.87 bits per heavy atom. The molecule has 0 unspecified atom stereocenters. The van der Waals surface area contributed by atoms with Crippen molar-refractivity contribution in [3.63, 3.8) is 0 Å². The number of rotatable bonds is 9. The maximum absolute atomic E-state index is 5.69. The predicted octanol–water partition coefficient (Wildman–Crippen LogP) is 3.99. The van der Waals surface area contributed by atoms with Crippen molar-refractivity contribution in [2.45, 2.75) is 76.8 Å². The molecule has 1 aliphatic carbocycles. The lowest BCUT2D eigenvalue weighted by atomic mass is 9.92. The highest BCUT2D eigenvalue weighted by Crippen LogP contribution is 2.28. The van der Waals surface area contributed by atoms with Crippen molar-refractivity contribution >= 4 is 5.96 Å².